The summed E-state index contributed by atoms with van der Waals surface area (Å²) >= 11 is 0. The third-order valence-corrected chi connectivity index (χ3v) is 8.33. The molecule has 0 amide bonds. The van der Waals surface area contributed by atoms with Gasteiger partial charge in [0.05, 0.1) is 12.1 Å². The highest BCUT2D eigenvalue weighted by Crippen LogP contribution is 2.38. The van der Waals surface area contributed by atoms with Crippen LogP contribution in [0.3, 0.4) is 0 Å². The molecule has 1 aromatic rings. The number of carbonyl (C=O) groups excluding carboxylic acids is 1. The Kier molecular flexibility index (Phi) is 7.08. The first-order valence-electron chi connectivity index (χ1n) is 13.3. The number of carbonyl (C=O) groups is 1. The third kappa shape index (κ3) is 5.56. The Hall–Kier alpha value is -2.55. The lowest BCUT2D eigenvalue weighted by Crippen LogP contribution is -2.27. The van der Waals surface area contributed by atoms with E-state index < -0.39 is 0 Å². The summed E-state index contributed by atoms with van der Waals surface area (Å²) in [6.07, 6.45) is 19.0. The SMILES string of the molecule is CC1=C=CC=C(Oc2ccc(N)cc2)C=C1C1NC1C(=O)C1CCC(CCC2CCCC2)CC1. The minimum Gasteiger partial charge on any atom is -0.457 e. The molecule has 180 valence electrons. The third-order valence-electron chi connectivity index (χ3n) is 8.33. The molecule has 3 aliphatic carbocycles. The Labute approximate surface area is 204 Å². The van der Waals surface area contributed by atoms with Gasteiger partial charge < -0.3 is 10.5 Å². The molecule has 4 heteroatoms. The van der Waals surface area contributed by atoms with E-state index in [-0.39, 0.29) is 18.0 Å². The number of benzene rings is 1. The Morgan fingerprint density at radius 3 is 2.41 bits per heavy atom. The van der Waals surface area contributed by atoms with Gasteiger partial charge in [0.15, 0.2) is 5.78 Å². The van der Waals surface area contributed by atoms with Crippen molar-refractivity contribution in [2.75, 3.05) is 5.73 Å². The normalized spacial score (nSPS) is 29.1. The van der Waals surface area contributed by atoms with Crippen molar-refractivity contribution in [1.82, 2.24) is 5.32 Å². The summed E-state index contributed by atoms with van der Waals surface area (Å²) < 4.78 is 6.06. The molecular formula is C30H38N2O2. The molecule has 1 saturated heterocycles. The Balaban J connectivity index is 1.15. The first-order valence-corrected chi connectivity index (χ1v) is 13.3. The van der Waals surface area contributed by atoms with E-state index in [1.165, 1.54) is 51.4 Å². The lowest BCUT2D eigenvalue weighted by atomic mass is 9.76. The number of anilines is 1. The van der Waals surface area contributed by atoms with E-state index in [1.807, 2.05) is 42.5 Å². The summed E-state index contributed by atoms with van der Waals surface area (Å²) in [6.45, 7) is 2.05. The Bertz CT molecular complexity index is 1010. The number of ether oxygens (including phenoxy) is 1. The Morgan fingerprint density at radius 1 is 1.03 bits per heavy atom. The van der Waals surface area contributed by atoms with Gasteiger partial charge in [0.1, 0.15) is 11.5 Å². The molecule has 3 N–H and O–H groups in total. The van der Waals surface area contributed by atoms with E-state index in [0.717, 1.165) is 47.3 Å². The van der Waals surface area contributed by atoms with Crippen LogP contribution in [-0.4, -0.2) is 17.9 Å². The summed E-state index contributed by atoms with van der Waals surface area (Å²) in [5.74, 6) is 3.93. The maximum Gasteiger partial charge on any atom is 0.154 e. The molecule has 34 heavy (non-hydrogen) atoms. The van der Waals surface area contributed by atoms with E-state index in [1.54, 1.807) is 0 Å². The molecular weight excluding hydrogens is 420 g/mol. The minimum atomic E-state index is -0.0705. The molecule has 0 aromatic heterocycles. The van der Waals surface area contributed by atoms with Gasteiger partial charge in [0.2, 0.25) is 0 Å². The first kappa shape index (κ1) is 23.2. The molecule has 0 radical (unpaired) electrons. The van der Waals surface area contributed by atoms with E-state index >= 15 is 0 Å². The number of Topliss-reactive ketones (excluding diaryl/α,β-unsaturated/α-hetero) is 1. The topological polar surface area (TPSA) is 74.3 Å². The summed E-state index contributed by atoms with van der Waals surface area (Å²) in [7, 11) is 0. The standard InChI is InChI=1S/C30H38N2O2/c1-20-5-4-8-26(34-25-17-15-24(31)16-18-25)19-27(20)28-29(32-28)30(33)23-13-11-22(12-14-23)10-9-21-6-2-3-7-21/h4,8,15-19,21-23,28-29,32H,2-3,6-7,9-14,31H2,1H3. The average molecular weight is 459 g/mol. The summed E-state index contributed by atoms with van der Waals surface area (Å²) in [5, 5.41) is 3.47. The number of ketones is 1. The second-order valence-corrected chi connectivity index (χ2v) is 10.7. The van der Waals surface area contributed by atoms with Crippen LogP contribution in [0.25, 0.3) is 0 Å². The highest BCUT2D eigenvalue weighted by Gasteiger charge is 2.47. The van der Waals surface area contributed by atoms with Crippen LogP contribution in [0.4, 0.5) is 5.69 Å². The van der Waals surface area contributed by atoms with Gasteiger partial charge in [-0.25, -0.2) is 0 Å². The molecule has 0 spiro atoms. The molecule has 0 bridgehead atoms. The fourth-order valence-electron chi connectivity index (χ4n) is 6.11. The second kappa shape index (κ2) is 10.4. The van der Waals surface area contributed by atoms with Crippen molar-refractivity contribution in [1.29, 1.82) is 0 Å². The van der Waals surface area contributed by atoms with Crippen molar-refractivity contribution in [2.24, 2.45) is 17.8 Å². The Morgan fingerprint density at radius 2 is 1.71 bits per heavy atom. The van der Waals surface area contributed by atoms with Gasteiger partial charge in [-0.3, -0.25) is 10.1 Å². The maximum atomic E-state index is 13.3. The van der Waals surface area contributed by atoms with Crippen LogP contribution in [0.15, 0.2) is 65.1 Å². The van der Waals surface area contributed by atoms with Crippen molar-refractivity contribution in [3.8, 4) is 5.75 Å². The van der Waals surface area contributed by atoms with Crippen LogP contribution in [0.1, 0.15) is 71.1 Å². The fraction of sp³-hybridized carbons (Fsp3) is 0.533. The fourth-order valence-corrected chi connectivity index (χ4v) is 6.11. The minimum absolute atomic E-state index is 0.0602. The number of rotatable bonds is 8. The molecule has 5 rings (SSSR count). The zero-order valence-electron chi connectivity index (χ0n) is 20.4. The van der Waals surface area contributed by atoms with Crippen LogP contribution in [-0.2, 0) is 4.79 Å². The summed E-state index contributed by atoms with van der Waals surface area (Å²) in [4.78, 5) is 13.3. The number of nitrogens with one attached hydrogen (secondary N) is 1. The number of hydrogen-bond donors (Lipinski definition) is 2. The van der Waals surface area contributed by atoms with E-state index in [9.17, 15) is 4.79 Å². The second-order valence-electron chi connectivity index (χ2n) is 10.7. The molecule has 1 aliphatic heterocycles. The first-order chi connectivity index (χ1) is 16.6. The molecule has 2 unspecified atom stereocenters. The van der Waals surface area contributed by atoms with Crippen LogP contribution in [0.2, 0.25) is 0 Å². The lowest BCUT2D eigenvalue weighted by molar-refractivity contribution is -0.123. The van der Waals surface area contributed by atoms with Crippen LogP contribution in [0, 0.1) is 17.8 Å². The molecule has 2 saturated carbocycles. The average Bonchev–Trinajstić information content (AvgIpc) is 3.51. The van der Waals surface area contributed by atoms with Crippen molar-refractivity contribution in [3.63, 3.8) is 0 Å². The molecule has 1 aromatic carbocycles. The van der Waals surface area contributed by atoms with Gasteiger partial charge in [-0.05, 0) is 98.1 Å². The summed E-state index contributed by atoms with van der Waals surface area (Å²) in [5.41, 5.74) is 12.0. The van der Waals surface area contributed by atoms with Crippen molar-refractivity contribution in [3.05, 3.63) is 65.1 Å². The van der Waals surface area contributed by atoms with Crippen LogP contribution < -0.4 is 15.8 Å². The number of hydrogen-bond acceptors (Lipinski definition) is 4. The predicted octanol–water partition coefficient (Wildman–Crippen LogP) is 6.26. The van der Waals surface area contributed by atoms with E-state index in [2.05, 4.69) is 18.0 Å². The van der Waals surface area contributed by atoms with Gasteiger partial charge in [-0.15, -0.1) is 5.73 Å². The van der Waals surface area contributed by atoms with Crippen molar-refractivity contribution < 1.29 is 9.53 Å². The quantitative estimate of drug-likeness (QED) is 0.274. The number of nitrogens with two attached hydrogens (primary N) is 1. The predicted molar refractivity (Wildman–Crippen MR) is 137 cm³/mol. The molecule has 4 nitrogen and oxygen atoms in total. The highest BCUT2D eigenvalue weighted by atomic mass is 16.5. The van der Waals surface area contributed by atoms with Gasteiger partial charge >= 0.3 is 0 Å². The van der Waals surface area contributed by atoms with Gasteiger partial charge in [-0.1, -0.05) is 38.5 Å². The van der Waals surface area contributed by atoms with Gasteiger partial charge in [0, 0.05) is 11.6 Å². The number of allylic oxidation sites excluding steroid dienone is 2. The molecule has 1 heterocycles. The molecule has 2 atom stereocenters. The zero-order chi connectivity index (χ0) is 23.5. The molecule has 4 aliphatic rings. The van der Waals surface area contributed by atoms with E-state index in [0.29, 0.717) is 11.5 Å². The largest absolute Gasteiger partial charge is 0.457 e. The smallest absolute Gasteiger partial charge is 0.154 e. The van der Waals surface area contributed by atoms with Crippen molar-refractivity contribution in [2.45, 2.75) is 83.2 Å². The molecule has 3 fully saturated rings. The van der Waals surface area contributed by atoms with E-state index in [4.69, 9.17) is 10.5 Å². The zero-order valence-corrected chi connectivity index (χ0v) is 20.4. The monoisotopic (exact) mass is 458 g/mol. The van der Waals surface area contributed by atoms with Crippen molar-refractivity contribution >= 4 is 11.5 Å². The van der Waals surface area contributed by atoms with Crippen LogP contribution >= 0.6 is 0 Å². The summed E-state index contributed by atoms with van der Waals surface area (Å²) in [6, 6.07) is 7.38. The highest BCUT2D eigenvalue weighted by molar-refractivity contribution is 5.91. The van der Waals surface area contributed by atoms with Gasteiger partial charge in [0.25, 0.3) is 0 Å². The lowest BCUT2D eigenvalue weighted by Gasteiger charge is -2.28. The van der Waals surface area contributed by atoms with Gasteiger partial charge in [-0.2, -0.15) is 0 Å². The van der Waals surface area contributed by atoms with Crippen LogP contribution in [0.5, 0.6) is 5.75 Å². The maximum absolute atomic E-state index is 13.3. The number of nitrogen functional groups attached to an aromatic ring is 1.